The molecule has 0 heterocycles. The number of carboxylic acids is 1. The first-order valence-corrected chi connectivity index (χ1v) is 6.15. The van der Waals surface area contributed by atoms with E-state index in [0.717, 1.165) is 32.3 Å². The van der Waals surface area contributed by atoms with Gasteiger partial charge in [0, 0.05) is 0 Å². The van der Waals surface area contributed by atoms with E-state index in [9.17, 15) is 9.90 Å². The van der Waals surface area contributed by atoms with Gasteiger partial charge in [-0.2, -0.15) is 0 Å². The normalized spacial score (nSPS) is 11.6. The lowest BCUT2D eigenvalue weighted by Crippen LogP contribution is -1.98. The summed E-state index contributed by atoms with van der Waals surface area (Å²) in [6, 6.07) is 17.7. The van der Waals surface area contributed by atoms with E-state index in [1.807, 2.05) is 30.3 Å². The molecule has 19 heavy (non-hydrogen) atoms. The van der Waals surface area contributed by atoms with Crippen LogP contribution in [-0.4, -0.2) is 11.1 Å². The number of hydrogen-bond donors (Lipinski definition) is 1. The van der Waals surface area contributed by atoms with Gasteiger partial charge in [-0.3, -0.25) is 0 Å². The molecule has 0 saturated heterocycles. The molecule has 90 valence electrons. The lowest BCUT2D eigenvalue weighted by atomic mass is 9.91. The molecule has 2 heteroatoms. The van der Waals surface area contributed by atoms with Gasteiger partial charge in [-0.15, -0.1) is 0 Å². The Kier molecular flexibility index (Phi) is 1.88. The molecule has 0 aliphatic rings. The largest absolute Gasteiger partial charge is 0.478 e. The molecule has 0 aliphatic heterocycles. The quantitative estimate of drug-likeness (QED) is 0.509. The van der Waals surface area contributed by atoms with Gasteiger partial charge in [0.1, 0.15) is 0 Å². The first kappa shape index (κ1) is 10.3. The summed E-state index contributed by atoms with van der Waals surface area (Å²) in [7, 11) is 0. The van der Waals surface area contributed by atoms with Crippen molar-refractivity contribution in [2.45, 2.75) is 0 Å². The van der Waals surface area contributed by atoms with Crippen molar-refractivity contribution < 1.29 is 9.90 Å². The zero-order valence-electron chi connectivity index (χ0n) is 10.1. The van der Waals surface area contributed by atoms with Crippen molar-refractivity contribution in [1.82, 2.24) is 0 Å². The van der Waals surface area contributed by atoms with Gasteiger partial charge in [-0.1, -0.05) is 48.5 Å². The summed E-state index contributed by atoms with van der Waals surface area (Å²) in [5.41, 5.74) is 0.372. The monoisotopic (exact) mass is 246 g/mol. The molecule has 0 aliphatic carbocycles. The predicted molar refractivity (Wildman–Crippen MR) is 77.1 cm³/mol. The van der Waals surface area contributed by atoms with Crippen molar-refractivity contribution in [3.8, 4) is 0 Å². The molecule has 0 unspecified atom stereocenters. The van der Waals surface area contributed by atoms with Crippen molar-refractivity contribution in [3.63, 3.8) is 0 Å². The van der Waals surface area contributed by atoms with E-state index in [-0.39, 0.29) is 0 Å². The van der Waals surface area contributed by atoms with Crippen molar-refractivity contribution in [1.29, 1.82) is 0 Å². The van der Waals surface area contributed by atoms with Crippen LogP contribution in [0, 0.1) is 0 Å². The number of carbonyl (C=O) groups is 1. The van der Waals surface area contributed by atoms with E-state index in [2.05, 4.69) is 18.2 Å². The first-order chi connectivity index (χ1) is 9.25. The van der Waals surface area contributed by atoms with Gasteiger partial charge < -0.3 is 5.11 Å². The highest BCUT2D eigenvalue weighted by Gasteiger charge is 2.14. The zero-order chi connectivity index (χ0) is 13.0. The van der Waals surface area contributed by atoms with Crippen molar-refractivity contribution >= 4 is 38.3 Å². The topological polar surface area (TPSA) is 37.3 Å². The Morgan fingerprint density at radius 2 is 1.42 bits per heavy atom. The van der Waals surface area contributed by atoms with Crippen LogP contribution in [-0.2, 0) is 0 Å². The van der Waals surface area contributed by atoms with Crippen molar-refractivity contribution in [3.05, 3.63) is 60.2 Å². The van der Waals surface area contributed by atoms with Crippen molar-refractivity contribution in [2.75, 3.05) is 0 Å². The highest BCUT2D eigenvalue weighted by Crippen LogP contribution is 2.36. The highest BCUT2D eigenvalue weighted by molar-refractivity contribution is 6.26. The highest BCUT2D eigenvalue weighted by atomic mass is 16.4. The number of hydrogen-bond acceptors (Lipinski definition) is 1. The third-order valence-corrected chi connectivity index (χ3v) is 3.74. The Labute approximate surface area is 109 Å². The first-order valence-electron chi connectivity index (χ1n) is 6.15. The second-order valence-corrected chi connectivity index (χ2v) is 4.78. The lowest BCUT2D eigenvalue weighted by molar-refractivity contribution is 0.0699. The minimum atomic E-state index is -0.876. The molecule has 4 rings (SSSR count). The molecule has 0 spiro atoms. The molecule has 0 bridgehead atoms. The molecule has 1 N–H and O–H groups in total. The molecule has 4 aromatic rings. The summed E-state index contributed by atoms with van der Waals surface area (Å²) < 4.78 is 0. The van der Waals surface area contributed by atoms with Crippen LogP contribution in [0.1, 0.15) is 10.4 Å². The third-order valence-electron chi connectivity index (χ3n) is 3.74. The maximum atomic E-state index is 11.5. The van der Waals surface area contributed by atoms with Crippen LogP contribution < -0.4 is 0 Å². The second kappa shape index (κ2) is 3.45. The van der Waals surface area contributed by atoms with Crippen LogP contribution in [0.25, 0.3) is 32.3 Å². The molecule has 0 fully saturated rings. The number of benzene rings is 4. The average Bonchev–Trinajstić information content (AvgIpc) is 2.44. The van der Waals surface area contributed by atoms with Crippen LogP contribution in [0.3, 0.4) is 0 Å². The van der Waals surface area contributed by atoms with Gasteiger partial charge in [0.25, 0.3) is 0 Å². The van der Waals surface area contributed by atoms with Crippen LogP contribution in [0.2, 0.25) is 0 Å². The Morgan fingerprint density at radius 1 is 0.789 bits per heavy atom. The van der Waals surface area contributed by atoms with E-state index in [1.165, 1.54) is 0 Å². The standard InChI is InChI=1S/C17H10O2/c18-17(19)14-9-12-5-1-3-10-7-8-11-4-2-6-13(14)16(11)15(10)12/h1-9H,(H,18,19). The second-order valence-electron chi connectivity index (χ2n) is 4.78. The molecule has 4 aromatic carbocycles. The zero-order valence-corrected chi connectivity index (χ0v) is 10.1. The number of carboxylic acid groups (broad SMARTS) is 1. The third kappa shape index (κ3) is 1.28. The fraction of sp³-hybridized carbons (Fsp3) is 0. The van der Waals surface area contributed by atoms with Crippen LogP contribution in [0.15, 0.2) is 54.6 Å². The Bertz CT molecular complexity index is 938. The fourth-order valence-electron chi connectivity index (χ4n) is 2.94. The maximum Gasteiger partial charge on any atom is 0.336 e. The van der Waals surface area contributed by atoms with Gasteiger partial charge >= 0.3 is 5.97 Å². The molecule has 0 saturated carbocycles. The summed E-state index contributed by atoms with van der Waals surface area (Å²) in [6.07, 6.45) is 0. The van der Waals surface area contributed by atoms with E-state index in [0.29, 0.717) is 5.56 Å². The van der Waals surface area contributed by atoms with Gasteiger partial charge in [-0.25, -0.2) is 4.79 Å². The minimum absolute atomic E-state index is 0.372. The smallest absolute Gasteiger partial charge is 0.336 e. The van der Waals surface area contributed by atoms with Crippen LogP contribution in [0.4, 0.5) is 0 Å². The molecule has 0 atom stereocenters. The van der Waals surface area contributed by atoms with E-state index < -0.39 is 5.97 Å². The number of aromatic carboxylic acids is 1. The van der Waals surface area contributed by atoms with Crippen LogP contribution in [0.5, 0.6) is 0 Å². The van der Waals surface area contributed by atoms with Gasteiger partial charge in [0.2, 0.25) is 0 Å². The summed E-state index contributed by atoms with van der Waals surface area (Å²) in [6.45, 7) is 0. The van der Waals surface area contributed by atoms with Gasteiger partial charge in [-0.05, 0) is 38.4 Å². The Hall–Kier alpha value is -2.61. The number of rotatable bonds is 1. The maximum absolute atomic E-state index is 11.5. The molecule has 0 radical (unpaired) electrons. The predicted octanol–water partition coefficient (Wildman–Crippen LogP) is 4.28. The summed E-state index contributed by atoms with van der Waals surface area (Å²) in [5, 5.41) is 15.6. The molecular formula is C17H10O2. The molecule has 0 amide bonds. The molecule has 2 nitrogen and oxygen atoms in total. The Morgan fingerprint density at radius 3 is 2.16 bits per heavy atom. The lowest BCUT2D eigenvalue weighted by Gasteiger charge is -2.12. The molecular weight excluding hydrogens is 236 g/mol. The van der Waals surface area contributed by atoms with E-state index >= 15 is 0 Å². The average molecular weight is 246 g/mol. The van der Waals surface area contributed by atoms with Gasteiger partial charge in [0.15, 0.2) is 0 Å². The molecule has 0 aromatic heterocycles. The van der Waals surface area contributed by atoms with Crippen molar-refractivity contribution in [2.24, 2.45) is 0 Å². The van der Waals surface area contributed by atoms with Crippen LogP contribution >= 0.6 is 0 Å². The fourth-order valence-corrected chi connectivity index (χ4v) is 2.94. The Balaban J connectivity index is 2.42. The minimum Gasteiger partial charge on any atom is -0.478 e. The summed E-state index contributed by atoms with van der Waals surface area (Å²) in [4.78, 5) is 11.5. The van der Waals surface area contributed by atoms with E-state index in [1.54, 1.807) is 6.07 Å². The SMILES string of the molecule is O=C(O)c1cc2cccc3ccc4cccc1c4c32. The van der Waals surface area contributed by atoms with E-state index in [4.69, 9.17) is 0 Å². The summed E-state index contributed by atoms with van der Waals surface area (Å²) in [5.74, 6) is -0.876. The summed E-state index contributed by atoms with van der Waals surface area (Å²) >= 11 is 0. The van der Waals surface area contributed by atoms with Gasteiger partial charge in [0.05, 0.1) is 5.56 Å².